The van der Waals surface area contributed by atoms with E-state index < -0.39 is 35.7 Å². The largest absolute Gasteiger partial charge is 0.586 e. The van der Waals surface area contributed by atoms with Gasteiger partial charge in [0, 0.05) is 28.3 Å². The van der Waals surface area contributed by atoms with Crippen LogP contribution in [0.15, 0.2) is 42.6 Å². The molecule has 256 valence electrons. The molecule has 4 aromatic rings. The number of aliphatic hydroxyl groups is 1. The van der Waals surface area contributed by atoms with Gasteiger partial charge in [-0.25, -0.2) is 9.67 Å². The first-order valence-corrected chi connectivity index (χ1v) is 15.6. The summed E-state index contributed by atoms with van der Waals surface area (Å²) >= 11 is 0. The van der Waals surface area contributed by atoms with Gasteiger partial charge in [0.1, 0.15) is 40.3 Å². The van der Waals surface area contributed by atoms with E-state index in [0.29, 0.717) is 23.1 Å². The SMILES string of the molecule is C[C@]1(C(N)=O)COc2c1cc([C@@](O)(CNC(=O)c1cc(OC3CC3)c3nn(C(F)F)cc3c1)C1CC1)nc2-c1ccc2c(c1)OC(F)(F)O2. The molecule has 8 rings (SSSR count). The van der Waals surface area contributed by atoms with E-state index in [4.69, 9.17) is 20.2 Å². The maximum atomic E-state index is 13.8. The summed E-state index contributed by atoms with van der Waals surface area (Å²) in [5, 5.41) is 19.2. The molecule has 2 aliphatic carbocycles. The van der Waals surface area contributed by atoms with Gasteiger partial charge in [0.2, 0.25) is 5.91 Å². The topological polar surface area (TPSA) is 160 Å². The number of hydrogen-bond acceptors (Lipinski definition) is 9. The van der Waals surface area contributed by atoms with Gasteiger partial charge in [-0.3, -0.25) is 9.59 Å². The van der Waals surface area contributed by atoms with Crippen molar-refractivity contribution in [3.05, 3.63) is 59.4 Å². The van der Waals surface area contributed by atoms with E-state index in [1.807, 2.05) is 0 Å². The molecule has 4 N–H and O–H groups in total. The van der Waals surface area contributed by atoms with Crippen LogP contribution in [0.1, 0.15) is 60.8 Å². The summed E-state index contributed by atoms with van der Waals surface area (Å²) in [6.45, 7) is -1.76. The molecule has 2 aromatic heterocycles. The molecule has 0 unspecified atom stereocenters. The average molecular weight is 684 g/mol. The third kappa shape index (κ3) is 5.34. The predicted octanol–water partition coefficient (Wildman–Crippen LogP) is 4.52. The van der Waals surface area contributed by atoms with Gasteiger partial charge in [-0.1, -0.05) is 0 Å². The van der Waals surface area contributed by atoms with Crippen molar-refractivity contribution in [2.24, 2.45) is 11.7 Å². The molecular weight excluding hydrogens is 654 g/mol. The zero-order valence-electron chi connectivity index (χ0n) is 25.8. The molecule has 0 bridgehead atoms. The van der Waals surface area contributed by atoms with E-state index in [1.165, 1.54) is 36.4 Å². The van der Waals surface area contributed by atoms with Gasteiger partial charge < -0.3 is 35.1 Å². The number of pyridine rings is 1. The minimum Gasteiger partial charge on any atom is -0.489 e. The fourth-order valence-corrected chi connectivity index (χ4v) is 6.23. The second kappa shape index (κ2) is 10.7. The van der Waals surface area contributed by atoms with Crippen LogP contribution < -0.4 is 30.0 Å². The number of carbonyl (C=O) groups is 2. The first-order chi connectivity index (χ1) is 23.2. The maximum absolute atomic E-state index is 13.8. The highest BCUT2D eigenvalue weighted by Crippen LogP contribution is 2.51. The quantitative estimate of drug-likeness (QED) is 0.204. The Labute approximate surface area is 275 Å². The van der Waals surface area contributed by atoms with E-state index in [-0.39, 0.29) is 81.6 Å². The van der Waals surface area contributed by atoms with Crippen molar-refractivity contribution >= 4 is 22.7 Å². The van der Waals surface area contributed by atoms with Crippen molar-refractivity contribution in [1.82, 2.24) is 20.1 Å². The number of fused-ring (bicyclic) bond motifs is 3. The second-order valence-corrected chi connectivity index (χ2v) is 13.0. The third-order valence-corrected chi connectivity index (χ3v) is 9.38. The minimum atomic E-state index is -3.86. The summed E-state index contributed by atoms with van der Waals surface area (Å²) < 4.78 is 76.0. The lowest BCUT2D eigenvalue weighted by molar-refractivity contribution is -0.286. The number of benzene rings is 2. The van der Waals surface area contributed by atoms with Crippen LogP contribution in [0.5, 0.6) is 23.0 Å². The number of halogens is 4. The molecule has 4 aliphatic rings. The summed E-state index contributed by atoms with van der Waals surface area (Å²) in [7, 11) is 0. The number of nitrogens with zero attached hydrogens (tertiary/aromatic N) is 3. The summed E-state index contributed by atoms with van der Waals surface area (Å²) in [4.78, 5) is 31.0. The molecular formula is C33H29F4N5O7. The van der Waals surface area contributed by atoms with E-state index in [9.17, 15) is 32.3 Å². The van der Waals surface area contributed by atoms with Crippen molar-refractivity contribution in [3.8, 4) is 34.3 Å². The Balaban J connectivity index is 1.16. The molecule has 2 saturated carbocycles. The number of nitrogens with two attached hydrogens (primary N) is 1. The average Bonchev–Trinajstić information content (AvgIpc) is 3.97. The Hall–Kier alpha value is -5.12. The van der Waals surface area contributed by atoms with E-state index in [2.05, 4.69) is 19.9 Å². The van der Waals surface area contributed by atoms with Crippen molar-refractivity contribution in [3.63, 3.8) is 0 Å². The molecule has 0 saturated heterocycles. The maximum Gasteiger partial charge on any atom is 0.586 e. The number of alkyl halides is 4. The highest BCUT2D eigenvalue weighted by Gasteiger charge is 2.50. The molecule has 2 aromatic carbocycles. The fourth-order valence-electron chi connectivity index (χ4n) is 6.23. The van der Waals surface area contributed by atoms with Crippen LogP contribution in [0.25, 0.3) is 22.2 Å². The predicted molar refractivity (Wildman–Crippen MR) is 162 cm³/mol. The molecule has 2 amide bonds. The van der Waals surface area contributed by atoms with Gasteiger partial charge >= 0.3 is 12.8 Å². The number of hydrogen-bond donors (Lipinski definition) is 3. The molecule has 2 fully saturated rings. The van der Waals surface area contributed by atoms with Gasteiger partial charge in [-0.15, -0.1) is 8.78 Å². The van der Waals surface area contributed by atoms with Crippen molar-refractivity contribution in [2.75, 3.05) is 13.2 Å². The van der Waals surface area contributed by atoms with Crippen LogP contribution in [0.4, 0.5) is 17.6 Å². The highest BCUT2D eigenvalue weighted by molar-refractivity contribution is 6.00. The number of ether oxygens (including phenoxy) is 4. The van der Waals surface area contributed by atoms with Crippen molar-refractivity contribution in [1.29, 1.82) is 0 Å². The minimum absolute atomic E-state index is 0.0939. The monoisotopic (exact) mass is 683 g/mol. The second-order valence-electron chi connectivity index (χ2n) is 13.0. The van der Waals surface area contributed by atoms with Crippen LogP contribution >= 0.6 is 0 Å². The Morgan fingerprint density at radius 1 is 1.14 bits per heavy atom. The van der Waals surface area contributed by atoms with Crippen LogP contribution in [0, 0.1) is 5.92 Å². The molecule has 0 spiro atoms. The third-order valence-electron chi connectivity index (χ3n) is 9.38. The van der Waals surface area contributed by atoms with Crippen LogP contribution in [0.2, 0.25) is 0 Å². The number of rotatable bonds is 10. The lowest BCUT2D eigenvalue weighted by Gasteiger charge is -2.30. The number of nitrogens with one attached hydrogen (secondary N) is 1. The van der Waals surface area contributed by atoms with E-state index in [1.54, 1.807) is 6.92 Å². The Morgan fingerprint density at radius 2 is 1.90 bits per heavy atom. The zero-order chi connectivity index (χ0) is 34.5. The summed E-state index contributed by atoms with van der Waals surface area (Å²) in [6, 6.07) is 8.40. The molecule has 4 heterocycles. The van der Waals surface area contributed by atoms with Gasteiger partial charge in [0.15, 0.2) is 11.5 Å². The number of primary amides is 1. The normalized spacial score (nSPS) is 21.7. The molecule has 2 atom stereocenters. The lowest BCUT2D eigenvalue weighted by Crippen LogP contribution is -2.44. The molecule has 12 nitrogen and oxygen atoms in total. The molecule has 0 radical (unpaired) electrons. The number of amides is 2. The highest BCUT2D eigenvalue weighted by atomic mass is 19.3. The number of carbonyl (C=O) groups excluding carboxylic acids is 2. The van der Waals surface area contributed by atoms with Crippen molar-refractivity contribution in [2.45, 2.75) is 62.6 Å². The first-order valence-electron chi connectivity index (χ1n) is 15.6. The Bertz CT molecular complexity index is 2050. The first kappa shape index (κ1) is 31.2. The zero-order valence-corrected chi connectivity index (χ0v) is 25.8. The molecule has 49 heavy (non-hydrogen) atoms. The van der Waals surface area contributed by atoms with Gasteiger partial charge in [0.25, 0.3) is 5.91 Å². The standard InChI is InChI=1S/C33H29F4N5O7/c1-31(29(38)44)14-46-27-20(31)11-24(40-26(27)15-2-7-21-22(9-15)49-33(36,37)48-21)32(45,18-3-4-18)13-39-28(43)16-8-17-12-42(30(34)35)41-25(17)23(10-16)47-19-5-6-19/h2,7-12,18-19,30,45H,3-6,13-14H2,1H3,(H2,38,44)(H,39,43)/t31-,32+/m0/s1. The van der Waals surface area contributed by atoms with Gasteiger partial charge in [-0.05, 0) is 74.9 Å². The summed E-state index contributed by atoms with van der Waals surface area (Å²) in [6.07, 6.45) is -0.0610. The summed E-state index contributed by atoms with van der Waals surface area (Å²) in [5.74, 6) is -1.72. The Morgan fingerprint density at radius 3 is 2.59 bits per heavy atom. The molecule has 16 heteroatoms. The lowest BCUT2D eigenvalue weighted by atomic mass is 9.81. The van der Waals surface area contributed by atoms with Crippen LogP contribution in [-0.2, 0) is 15.8 Å². The van der Waals surface area contributed by atoms with Gasteiger partial charge in [-0.2, -0.15) is 13.9 Å². The van der Waals surface area contributed by atoms with Crippen LogP contribution in [0.3, 0.4) is 0 Å². The van der Waals surface area contributed by atoms with Crippen molar-refractivity contribution < 1.29 is 51.2 Å². The summed E-state index contributed by atoms with van der Waals surface area (Å²) in [5.41, 5.74) is 3.84. The van der Waals surface area contributed by atoms with E-state index in [0.717, 1.165) is 19.0 Å². The Kier molecular flexibility index (Phi) is 6.80. The van der Waals surface area contributed by atoms with Gasteiger partial charge in [0.05, 0.1) is 18.3 Å². The molecule has 2 aliphatic heterocycles. The smallest absolute Gasteiger partial charge is 0.489 e. The number of aromatic nitrogens is 3. The van der Waals surface area contributed by atoms with Crippen LogP contribution in [-0.4, -0.2) is 57.2 Å². The fraction of sp³-hybridized carbons (Fsp3) is 0.394. The van der Waals surface area contributed by atoms with E-state index >= 15 is 0 Å².